The molecule has 0 aromatic carbocycles. The van der Waals surface area contributed by atoms with Crippen LogP contribution >= 0.6 is 0 Å². The highest BCUT2D eigenvalue weighted by atomic mass is 32.2. The Morgan fingerprint density at radius 3 is 2.38 bits per heavy atom. The Balaban J connectivity index is 2.61. The molecule has 1 aliphatic rings. The maximum atomic E-state index is 11.8. The second kappa shape index (κ2) is 5.44. The minimum Gasteiger partial charge on any atom is -0.315 e. The van der Waals surface area contributed by atoms with E-state index in [2.05, 4.69) is 5.32 Å². The third kappa shape index (κ3) is 4.77. The Morgan fingerprint density at radius 2 is 1.75 bits per heavy atom. The summed E-state index contributed by atoms with van der Waals surface area (Å²) in [5, 5.41) is 3.10. The number of sulfonamides is 1. The first-order valence-corrected chi connectivity index (χ1v) is 8.84. The highest BCUT2D eigenvalue weighted by Gasteiger charge is 2.23. The van der Waals surface area contributed by atoms with E-state index in [1.54, 1.807) is 0 Å². The highest BCUT2D eigenvalue weighted by molar-refractivity contribution is 7.93. The second-order valence-corrected chi connectivity index (χ2v) is 8.30. The van der Waals surface area contributed by atoms with Crippen LogP contribution in [-0.2, 0) is 19.9 Å². The van der Waals surface area contributed by atoms with Gasteiger partial charge in [0.05, 0.1) is 11.5 Å². The molecule has 1 aliphatic heterocycles. The van der Waals surface area contributed by atoms with Gasteiger partial charge in [-0.2, -0.15) is 0 Å². The van der Waals surface area contributed by atoms with Gasteiger partial charge in [0.15, 0.2) is 0 Å². The fourth-order valence-corrected chi connectivity index (χ4v) is 4.57. The monoisotopic (exact) mass is 270 g/mol. The predicted octanol–water partition coefficient (Wildman–Crippen LogP) is -1.34. The van der Waals surface area contributed by atoms with Crippen LogP contribution in [0.1, 0.15) is 6.42 Å². The molecule has 0 aromatic heterocycles. The van der Waals surface area contributed by atoms with Crippen LogP contribution in [0, 0.1) is 0 Å². The van der Waals surface area contributed by atoms with Gasteiger partial charge in [0.25, 0.3) is 0 Å². The van der Waals surface area contributed by atoms with Crippen molar-refractivity contribution < 1.29 is 16.8 Å². The second-order valence-electron chi connectivity index (χ2n) is 3.95. The van der Waals surface area contributed by atoms with Gasteiger partial charge in [0.1, 0.15) is 9.84 Å². The summed E-state index contributed by atoms with van der Waals surface area (Å²) in [6, 6.07) is 0. The molecule has 1 saturated heterocycles. The maximum absolute atomic E-state index is 11.8. The molecule has 0 spiro atoms. The largest absolute Gasteiger partial charge is 0.315 e. The molecule has 1 fully saturated rings. The average molecular weight is 270 g/mol. The molecular weight excluding hydrogens is 252 g/mol. The van der Waals surface area contributed by atoms with Crippen molar-refractivity contribution in [1.82, 2.24) is 9.62 Å². The van der Waals surface area contributed by atoms with Gasteiger partial charge >= 0.3 is 0 Å². The molecular formula is C8H18N2O4S2. The molecule has 8 heteroatoms. The molecule has 0 saturated carbocycles. The van der Waals surface area contributed by atoms with Crippen LogP contribution in [-0.4, -0.2) is 65.1 Å². The topological polar surface area (TPSA) is 83.5 Å². The molecule has 1 heterocycles. The van der Waals surface area contributed by atoms with Gasteiger partial charge in [-0.25, -0.2) is 21.1 Å². The number of rotatable bonds is 4. The van der Waals surface area contributed by atoms with E-state index in [-0.39, 0.29) is 11.5 Å². The van der Waals surface area contributed by atoms with Crippen LogP contribution in [0.3, 0.4) is 0 Å². The molecule has 0 unspecified atom stereocenters. The molecule has 0 amide bonds. The fraction of sp³-hybridized carbons (Fsp3) is 1.00. The summed E-state index contributed by atoms with van der Waals surface area (Å²) in [5.74, 6) is -0.620. The minimum absolute atomic E-state index is 0.306. The maximum Gasteiger partial charge on any atom is 0.215 e. The van der Waals surface area contributed by atoms with Gasteiger partial charge in [-0.15, -0.1) is 0 Å². The lowest BCUT2D eigenvalue weighted by Crippen LogP contribution is -2.37. The van der Waals surface area contributed by atoms with Gasteiger partial charge < -0.3 is 5.32 Å². The summed E-state index contributed by atoms with van der Waals surface area (Å²) < 4.78 is 46.9. The molecule has 0 bridgehead atoms. The van der Waals surface area contributed by atoms with Crippen molar-refractivity contribution in [2.75, 3.05) is 43.9 Å². The minimum atomic E-state index is -3.43. The van der Waals surface area contributed by atoms with E-state index in [0.717, 1.165) is 19.2 Å². The van der Waals surface area contributed by atoms with E-state index >= 15 is 0 Å². The zero-order valence-electron chi connectivity index (χ0n) is 9.35. The Morgan fingerprint density at radius 1 is 1.06 bits per heavy atom. The number of hydrogen-bond acceptors (Lipinski definition) is 5. The SMILES string of the molecule is CS(=O)(=O)CCS(=O)(=O)N1CCCNCC1. The zero-order valence-corrected chi connectivity index (χ0v) is 11.0. The smallest absolute Gasteiger partial charge is 0.215 e. The molecule has 6 nitrogen and oxygen atoms in total. The van der Waals surface area contributed by atoms with Crippen molar-refractivity contribution in [3.63, 3.8) is 0 Å². The lowest BCUT2D eigenvalue weighted by molar-refractivity contribution is 0.433. The molecule has 96 valence electrons. The number of hydrogen-bond donors (Lipinski definition) is 1. The van der Waals surface area contributed by atoms with Crippen molar-refractivity contribution in [1.29, 1.82) is 0 Å². The summed E-state index contributed by atoms with van der Waals surface area (Å²) >= 11 is 0. The molecule has 0 aliphatic carbocycles. The lowest BCUT2D eigenvalue weighted by atomic mass is 10.4. The molecule has 16 heavy (non-hydrogen) atoms. The third-order valence-electron chi connectivity index (χ3n) is 2.40. The summed E-state index contributed by atoms with van der Waals surface area (Å²) in [7, 11) is -6.65. The van der Waals surface area contributed by atoms with E-state index in [9.17, 15) is 16.8 Å². The Labute approximate surface area is 97.0 Å². The first-order valence-electron chi connectivity index (χ1n) is 5.17. The number of nitrogens with one attached hydrogen (secondary N) is 1. The van der Waals surface area contributed by atoms with Crippen LogP contribution < -0.4 is 5.32 Å². The van der Waals surface area contributed by atoms with Crippen LogP contribution in [0.5, 0.6) is 0 Å². The van der Waals surface area contributed by atoms with Crippen LogP contribution in [0.4, 0.5) is 0 Å². The Bertz CT molecular complexity index is 407. The normalized spacial score (nSPS) is 20.6. The Kier molecular flexibility index (Phi) is 4.72. The van der Waals surface area contributed by atoms with Gasteiger partial charge in [-0.3, -0.25) is 0 Å². The fourth-order valence-electron chi connectivity index (χ4n) is 1.48. The van der Waals surface area contributed by atoms with E-state index in [4.69, 9.17) is 0 Å². The van der Waals surface area contributed by atoms with Gasteiger partial charge in [0.2, 0.25) is 10.0 Å². The van der Waals surface area contributed by atoms with Crippen LogP contribution in [0.25, 0.3) is 0 Å². The van der Waals surface area contributed by atoms with Crippen molar-refractivity contribution in [3.8, 4) is 0 Å². The molecule has 1 rings (SSSR count). The van der Waals surface area contributed by atoms with Crippen molar-refractivity contribution in [2.24, 2.45) is 0 Å². The number of sulfone groups is 1. The van der Waals surface area contributed by atoms with Crippen molar-refractivity contribution in [2.45, 2.75) is 6.42 Å². The van der Waals surface area contributed by atoms with Gasteiger partial charge in [0, 0.05) is 25.9 Å². The standard InChI is InChI=1S/C8H18N2O4S2/c1-15(11,12)7-8-16(13,14)10-5-2-3-9-4-6-10/h9H,2-8H2,1H3. The summed E-state index contributed by atoms with van der Waals surface area (Å²) in [4.78, 5) is 0. The first kappa shape index (κ1) is 13.9. The summed E-state index contributed by atoms with van der Waals surface area (Å²) in [6.07, 6.45) is 1.81. The van der Waals surface area contributed by atoms with Crippen LogP contribution in [0.15, 0.2) is 0 Å². The van der Waals surface area contributed by atoms with Crippen molar-refractivity contribution >= 4 is 19.9 Å². The molecule has 0 aromatic rings. The molecule has 0 radical (unpaired) electrons. The van der Waals surface area contributed by atoms with Crippen molar-refractivity contribution in [3.05, 3.63) is 0 Å². The first-order chi connectivity index (χ1) is 7.31. The highest BCUT2D eigenvalue weighted by Crippen LogP contribution is 2.05. The summed E-state index contributed by atoms with van der Waals surface area (Å²) in [5.41, 5.74) is 0. The summed E-state index contributed by atoms with van der Waals surface area (Å²) in [6.45, 7) is 2.32. The molecule has 0 atom stereocenters. The van der Waals surface area contributed by atoms with Gasteiger partial charge in [-0.1, -0.05) is 0 Å². The Hall–Kier alpha value is -0.180. The van der Waals surface area contributed by atoms with E-state index in [1.165, 1.54) is 4.31 Å². The zero-order chi connectivity index (χ0) is 12.2. The number of nitrogens with zero attached hydrogens (tertiary/aromatic N) is 1. The third-order valence-corrected chi connectivity index (χ3v) is 5.48. The lowest BCUT2D eigenvalue weighted by Gasteiger charge is -2.19. The van der Waals surface area contributed by atoms with Gasteiger partial charge in [-0.05, 0) is 13.0 Å². The van der Waals surface area contributed by atoms with Crippen LogP contribution in [0.2, 0.25) is 0 Å². The molecule has 1 N–H and O–H groups in total. The predicted molar refractivity (Wildman–Crippen MR) is 62.6 cm³/mol. The van der Waals surface area contributed by atoms with E-state index in [1.807, 2.05) is 0 Å². The van der Waals surface area contributed by atoms with E-state index in [0.29, 0.717) is 19.6 Å². The average Bonchev–Trinajstić information content (AvgIpc) is 2.42. The quantitative estimate of drug-likeness (QED) is 0.683. The van der Waals surface area contributed by atoms with E-state index < -0.39 is 19.9 Å².